The lowest BCUT2D eigenvalue weighted by atomic mass is 9.83. The molecule has 2 atom stereocenters. The van der Waals surface area contributed by atoms with Crippen molar-refractivity contribution in [3.8, 4) is 0 Å². The van der Waals surface area contributed by atoms with Gasteiger partial charge in [-0.3, -0.25) is 19.6 Å². The molecule has 2 fully saturated rings. The van der Waals surface area contributed by atoms with Crippen molar-refractivity contribution in [2.24, 2.45) is 0 Å². The Balaban J connectivity index is 1.48. The first-order valence-electron chi connectivity index (χ1n) is 10.5. The number of thiazole rings is 1. The van der Waals surface area contributed by atoms with Crippen LogP contribution >= 0.6 is 11.3 Å². The standard InChI is InChI=1S/C23H23N5O3S/c1-16-26-20(14-32-16)21(29)28-13-19(17-5-4-7-24-11-17)23(15-28)22(30)27(9-10-31-23)12-18-6-2-3-8-25-18/h2-8,11,14,19H,9-10,12-13,15H2,1H3/t19-,23+/m0/s1. The van der Waals surface area contributed by atoms with E-state index in [2.05, 4.69) is 15.0 Å². The summed E-state index contributed by atoms with van der Waals surface area (Å²) in [6.45, 7) is 3.70. The van der Waals surface area contributed by atoms with Crippen LogP contribution in [0.15, 0.2) is 54.3 Å². The Morgan fingerprint density at radius 1 is 1.28 bits per heavy atom. The second-order valence-corrected chi connectivity index (χ2v) is 9.12. The first-order chi connectivity index (χ1) is 15.6. The van der Waals surface area contributed by atoms with Crippen molar-refractivity contribution in [3.63, 3.8) is 0 Å². The van der Waals surface area contributed by atoms with E-state index in [0.717, 1.165) is 16.3 Å². The number of ether oxygens (including phenoxy) is 1. The predicted molar refractivity (Wildman–Crippen MR) is 118 cm³/mol. The van der Waals surface area contributed by atoms with Crippen LogP contribution in [0.3, 0.4) is 0 Å². The average Bonchev–Trinajstić information content (AvgIpc) is 3.42. The van der Waals surface area contributed by atoms with Gasteiger partial charge < -0.3 is 14.5 Å². The fraction of sp³-hybridized carbons (Fsp3) is 0.348. The zero-order chi connectivity index (χ0) is 22.1. The lowest BCUT2D eigenvalue weighted by Crippen LogP contribution is -2.60. The number of morpholine rings is 1. The van der Waals surface area contributed by atoms with E-state index in [4.69, 9.17) is 4.74 Å². The van der Waals surface area contributed by atoms with Crippen LogP contribution in [0.5, 0.6) is 0 Å². The molecule has 0 bridgehead atoms. The minimum atomic E-state index is -1.16. The number of rotatable bonds is 4. The van der Waals surface area contributed by atoms with Gasteiger partial charge in [-0.1, -0.05) is 12.1 Å². The molecule has 164 valence electrons. The quantitative estimate of drug-likeness (QED) is 0.607. The van der Waals surface area contributed by atoms with Crippen molar-refractivity contribution in [3.05, 3.63) is 76.3 Å². The van der Waals surface area contributed by atoms with Gasteiger partial charge in [0.05, 0.1) is 30.4 Å². The molecule has 0 saturated carbocycles. The number of carbonyl (C=O) groups is 2. The van der Waals surface area contributed by atoms with E-state index in [1.54, 1.807) is 33.8 Å². The molecule has 0 aromatic carbocycles. The number of nitrogens with zero attached hydrogens (tertiary/aromatic N) is 5. The molecule has 8 nitrogen and oxygen atoms in total. The van der Waals surface area contributed by atoms with Crippen molar-refractivity contribution in [2.45, 2.75) is 25.0 Å². The summed E-state index contributed by atoms with van der Waals surface area (Å²) in [4.78, 5) is 43.5. The lowest BCUT2D eigenvalue weighted by Gasteiger charge is -2.42. The third-order valence-corrected chi connectivity index (χ3v) is 6.83. The monoisotopic (exact) mass is 449 g/mol. The van der Waals surface area contributed by atoms with Crippen LogP contribution in [-0.4, -0.2) is 68.4 Å². The maximum Gasteiger partial charge on any atom is 0.273 e. The van der Waals surface area contributed by atoms with Crippen molar-refractivity contribution < 1.29 is 14.3 Å². The molecule has 3 aromatic rings. The van der Waals surface area contributed by atoms with E-state index < -0.39 is 5.60 Å². The Morgan fingerprint density at radius 3 is 2.91 bits per heavy atom. The van der Waals surface area contributed by atoms with Crippen LogP contribution in [0.1, 0.15) is 32.7 Å². The second kappa shape index (κ2) is 8.40. The van der Waals surface area contributed by atoms with Crippen LogP contribution in [0.2, 0.25) is 0 Å². The first-order valence-corrected chi connectivity index (χ1v) is 11.4. The van der Waals surface area contributed by atoms with Gasteiger partial charge in [0.2, 0.25) is 0 Å². The molecule has 32 heavy (non-hydrogen) atoms. The highest BCUT2D eigenvalue weighted by molar-refractivity contribution is 7.09. The summed E-state index contributed by atoms with van der Waals surface area (Å²) >= 11 is 1.44. The van der Waals surface area contributed by atoms with Crippen LogP contribution in [0, 0.1) is 6.92 Å². The number of amides is 2. The molecule has 0 aliphatic carbocycles. The molecular weight excluding hydrogens is 426 g/mol. The van der Waals surface area contributed by atoms with Crippen LogP contribution in [-0.2, 0) is 16.1 Å². The molecule has 9 heteroatoms. The third-order valence-electron chi connectivity index (χ3n) is 6.05. The number of aryl methyl sites for hydroxylation is 1. The molecule has 3 aromatic heterocycles. The molecule has 1 spiro atoms. The number of likely N-dealkylation sites (tertiary alicyclic amines) is 1. The fourth-order valence-electron chi connectivity index (χ4n) is 4.53. The topological polar surface area (TPSA) is 88.5 Å². The fourth-order valence-corrected chi connectivity index (χ4v) is 5.12. The Kier molecular flexibility index (Phi) is 5.44. The highest BCUT2D eigenvalue weighted by atomic mass is 32.1. The SMILES string of the molecule is Cc1nc(C(=O)N2C[C@@H](c3cccnc3)[C@@]3(C2)OCCN(Cc2ccccn2)C3=O)cs1. The average molecular weight is 450 g/mol. The van der Waals surface area contributed by atoms with Gasteiger partial charge in [-0.2, -0.15) is 0 Å². The minimum Gasteiger partial charge on any atom is -0.361 e. The first kappa shape index (κ1) is 20.7. The van der Waals surface area contributed by atoms with Crippen LogP contribution in [0.4, 0.5) is 0 Å². The van der Waals surface area contributed by atoms with Gasteiger partial charge in [-0.15, -0.1) is 11.3 Å². The second-order valence-electron chi connectivity index (χ2n) is 8.06. The summed E-state index contributed by atoms with van der Waals surface area (Å²) in [5.74, 6) is -0.620. The number of pyridine rings is 2. The van der Waals surface area contributed by atoms with E-state index in [9.17, 15) is 9.59 Å². The molecule has 2 amide bonds. The number of hydrogen-bond acceptors (Lipinski definition) is 7. The zero-order valence-corrected chi connectivity index (χ0v) is 18.5. The lowest BCUT2D eigenvalue weighted by molar-refractivity contribution is -0.172. The van der Waals surface area contributed by atoms with E-state index in [0.29, 0.717) is 31.9 Å². The molecule has 2 saturated heterocycles. The van der Waals surface area contributed by atoms with Gasteiger partial charge >= 0.3 is 0 Å². The van der Waals surface area contributed by atoms with Crippen LogP contribution < -0.4 is 0 Å². The predicted octanol–water partition coefficient (Wildman–Crippen LogP) is 2.28. The summed E-state index contributed by atoms with van der Waals surface area (Å²) in [7, 11) is 0. The molecule has 2 aliphatic rings. The maximum atomic E-state index is 13.8. The van der Waals surface area contributed by atoms with Crippen molar-refractivity contribution >= 4 is 23.2 Å². The van der Waals surface area contributed by atoms with Gasteiger partial charge in [0, 0.05) is 43.0 Å². The summed E-state index contributed by atoms with van der Waals surface area (Å²) in [6, 6.07) is 9.45. The van der Waals surface area contributed by atoms with E-state index in [1.807, 2.05) is 37.3 Å². The van der Waals surface area contributed by atoms with Crippen molar-refractivity contribution in [1.82, 2.24) is 24.8 Å². The van der Waals surface area contributed by atoms with E-state index in [1.165, 1.54) is 11.3 Å². The summed E-state index contributed by atoms with van der Waals surface area (Å²) < 4.78 is 6.24. The smallest absolute Gasteiger partial charge is 0.273 e. The highest BCUT2D eigenvalue weighted by Gasteiger charge is 2.58. The van der Waals surface area contributed by atoms with Crippen molar-refractivity contribution in [1.29, 1.82) is 0 Å². The molecule has 0 N–H and O–H groups in total. The van der Waals surface area contributed by atoms with Gasteiger partial charge in [0.15, 0.2) is 5.60 Å². The largest absolute Gasteiger partial charge is 0.361 e. The van der Waals surface area contributed by atoms with Gasteiger partial charge in [0.1, 0.15) is 5.69 Å². The minimum absolute atomic E-state index is 0.118. The number of aromatic nitrogens is 3. The number of hydrogen-bond donors (Lipinski definition) is 0. The van der Waals surface area contributed by atoms with Gasteiger partial charge in [0.25, 0.3) is 11.8 Å². The Labute approximate surface area is 189 Å². The molecule has 0 unspecified atom stereocenters. The maximum absolute atomic E-state index is 13.8. The summed E-state index contributed by atoms with van der Waals surface area (Å²) in [5.41, 5.74) is 0.949. The molecule has 0 radical (unpaired) electrons. The van der Waals surface area contributed by atoms with Crippen LogP contribution in [0.25, 0.3) is 0 Å². The Bertz CT molecular complexity index is 1120. The van der Waals surface area contributed by atoms with E-state index in [-0.39, 0.29) is 24.3 Å². The Hall–Kier alpha value is -3.17. The molecular formula is C23H23N5O3S. The zero-order valence-electron chi connectivity index (χ0n) is 17.7. The Morgan fingerprint density at radius 2 is 2.19 bits per heavy atom. The highest BCUT2D eigenvalue weighted by Crippen LogP contribution is 2.42. The van der Waals surface area contributed by atoms with Gasteiger partial charge in [-0.25, -0.2) is 4.98 Å². The molecule has 5 rings (SSSR count). The number of carbonyl (C=O) groups excluding carboxylic acids is 2. The summed E-state index contributed by atoms with van der Waals surface area (Å²) in [5, 5.41) is 2.59. The third kappa shape index (κ3) is 3.67. The normalized spacial score (nSPS) is 23.2. The van der Waals surface area contributed by atoms with Crippen molar-refractivity contribution in [2.75, 3.05) is 26.2 Å². The molecule has 5 heterocycles. The molecule has 2 aliphatic heterocycles. The van der Waals surface area contributed by atoms with E-state index >= 15 is 0 Å². The summed E-state index contributed by atoms with van der Waals surface area (Å²) in [6.07, 6.45) is 5.17. The van der Waals surface area contributed by atoms with Gasteiger partial charge in [-0.05, 0) is 30.7 Å².